The predicted octanol–water partition coefficient (Wildman–Crippen LogP) is 3.37. The highest BCUT2D eigenvalue weighted by molar-refractivity contribution is 7.99. The molecule has 0 spiro atoms. The molecule has 1 nitrogen and oxygen atoms in total. The lowest BCUT2D eigenvalue weighted by molar-refractivity contribution is 0.611. The molecule has 0 atom stereocenters. The monoisotopic (exact) mass is 241 g/mol. The number of nitrogens with one attached hydrogen (secondary N) is 1. The molecule has 0 saturated carbocycles. The second-order valence-electron chi connectivity index (χ2n) is 3.81. The van der Waals surface area contributed by atoms with E-state index >= 15 is 0 Å². The fraction of sp³-hybridized carbons (Fsp3) is 0.538. The first-order valence-electron chi connectivity index (χ1n) is 5.77. The quantitative estimate of drug-likeness (QED) is 0.735. The minimum Gasteiger partial charge on any atom is -0.313 e. The predicted molar refractivity (Wildman–Crippen MR) is 70.5 cm³/mol. The van der Waals surface area contributed by atoms with Gasteiger partial charge in [-0.3, -0.25) is 0 Å². The first kappa shape index (κ1) is 13.5. The Balaban J connectivity index is 2.19. The highest BCUT2D eigenvalue weighted by atomic mass is 32.2. The Morgan fingerprint density at radius 2 is 2.19 bits per heavy atom. The van der Waals surface area contributed by atoms with Crippen molar-refractivity contribution in [3.63, 3.8) is 0 Å². The molecule has 1 aromatic rings. The molecule has 0 radical (unpaired) electrons. The summed E-state index contributed by atoms with van der Waals surface area (Å²) in [6.45, 7) is 5.72. The molecule has 0 amide bonds. The summed E-state index contributed by atoms with van der Waals surface area (Å²) >= 11 is 1.96. The molecule has 0 bridgehead atoms. The second kappa shape index (κ2) is 7.69. The largest absolute Gasteiger partial charge is 0.313 e. The summed E-state index contributed by atoms with van der Waals surface area (Å²) in [5.41, 5.74) is 1.73. The van der Waals surface area contributed by atoms with E-state index < -0.39 is 0 Å². The maximum atomic E-state index is 13.2. The SMILES string of the molecule is CCSCCCNCc1ccc(C)c(F)c1. The van der Waals surface area contributed by atoms with Crippen LogP contribution in [0.3, 0.4) is 0 Å². The zero-order chi connectivity index (χ0) is 11.8. The minimum atomic E-state index is -0.110. The van der Waals surface area contributed by atoms with Crippen molar-refractivity contribution in [1.29, 1.82) is 0 Å². The van der Waals surface area contributed by atoms with Crippen LogP contribution in [-0.2, 0) is 6.54 Å². The molecule has 0 fully saturated rings. The molecule has 0 unspecified atom stereocenters. The summed E-state index contributed by atoms with van der Waals surface area (Å²) in [7, 11) is 0. The van der Waals surface area contributed by atoms with E-state index in [1.807, 2.05) is 23.9 Å². The lowest BCUT2D eigenvalue weighted by Crippen LogP contribution is -2.15. The zero-order valence-electron chi connectivity index (χ0n) is 10.1. The van der Waals surface area contributed by atoms with Gasteiger partial charge in [0.25, 0.3) is 0 Å². The maximum Gasteiger partial charge on any atom is 0.126 e. The van der Waals surface area contributed by atoms with Gasteiger partial charge in [0.2, 0.25) is 0 Å². The third-order valence-corrected chi connectivity index (χ3v) is 3.40. The maximum absolute atomic E-state index is 13.2. The fourth-order valence-corrected chi connectivity index (χ4v) is 2.06. The van der Waals surface area contributed by atoms with Gasteiger partial charge in [-0.25, -0.2) is 4.39 Å². The van der Waals surface area contributed by atoms with Crippen molar-refractivity contribution in [2.75, 3.05) is 18.1 Å². The van der Waals surface area contributed by atoms with Crippen molar-refractivity contribution < 1.29 is 4.39 Å². The van der Waals surface area contributed by atoms with Gasteiger partial charge in [0, 0.05) is 6.54 Å². The summed E-state index contributed by atoms with van der Waals surface area (Å²) in [4.78, 5) is 0. The normalized spacial score (nSPS) is 10.7. The highest BCUT2D eigenvalue weighted by Gasteiger charge is 1.98. The van der Waals surface area contributed by atoms with Crippen LogP contribution in [-0.4, -0.2) is 18.1 Å². The van der Waals surface area contributed by atoms with E-state index in [1.54, 1.807) is 13.0 Å². The van der Waals surface area contributed by atoms with Gasteiger partial charge >= 0.3 is 0 Å². The number of aryl methyl sites for hydroxylation is 1. The highest BCUT2D eigenvalue weighted by Crippen LogP contribution is 2.08. The molecular weight excluding hydrogens is 221 g/mol. The van der Waals surface area contributed by atoms with Crippen LogP contribution >= 0.6 is 11.8 Å². The molecule has 1 rings (SSSR count). The fourth-order valence-electron chi connectivity index (χ4n) is 1.42. The number of hydrogen-bond donors (Lipinski definition) is 1. The Bertz CT molecular complexity index is 315. The summed E-state index contributed by atoms with van der Waals surface area (Å²) in [6, 6.07) is 5.43. The number of thioether (sulfide) groups is 1. The molecule has 0 aromatic heterocycles. The number of rotatable bonds is 7. The Labute approximate surface area is 102 Å². The topological polar surface area (TPSA) is 12.0 Å². The van der Waals surface area contributed by atoms with E-state index in [2.05, 4.69) is 12.2 Å². The Morgan fingerprint density at radius 3 is 2.88 bits per heavy atom. The van der Waals surface area contributed by atoms with Gasteiger partial charge in [-0.15, -0.1) is 0 Å². The summed E-state index contributed by atoms with van der Waals surface area (Å²) in [6.07, 6.45) is 1.17. The molecule has 0 heterocycles. The van der Waals surface area contributed by atoms with E-state index in [0.717, 1.165) is 18.7 Å². The van der Waals surface area contributed by atoms with Gasteiger partial charge < -0.3 is 5.32 Å². The van der Waals surface area contributed by atoms with Crippen LogP contribution in [0.5, 0.6) is 0 Å². The van der Waals surface area contributed by atoms with Gasteiger partial charge in [0.1, 0.15) is 5.82 Å². The van der Waals surface area contributed by atoms with Gasteiger partial charge in [-0.1, -0.05) is 19.1 Å². The van der Waals surface area contributed by atoms with Crippen LogP contribution in [0.15, 0.2) is 18.2 Å². The standard InChI is InChI=1S/C13H20FNS/c1-3-16-8-4-7-15-10-12-6-5-11(2)13(14)9-12/h5-6,9,15H,3-4,7-8,10H2,1-2H3. The third-order valence-electron chi connectivity index (χ3n) is 2.41. The molecule has 90 valence electrons. The van der Waals surface area contributed by atoms with Crippen LogP contribution in [0.2, 0.25) is 0 Å². The summed E-state index contributed by atoms with van der Waals surface area (Å²) < 4.78 is 13.2. The Kier molecular flexibility index (Phi) is 6.50. The van der Waals surface area contributed by atoms with E-state index in [0.29, 0.717) is 5.56 Å². The molecule has 1 N–H and O–H groups in total. The molecular formula is C13H20FNS. The van der Waals surface area contributed by atoms with Gasteiger partial charge in [-0.05, 0) is 48.6 Å². The zero-order valence-corrected chi connectivity index (χ0v) is 10.9. The van der Waals surface area contributed by atoms with Gasteiger partial charge in [0.05, 0.1) is 0 Å². The summed E-state index contributed by atoms with van der Waals surface area (Å²) in [5, 5.41) is 3.33. The van der Waals surface area contributed by atoms with Gasteiger partial charge in [-0.2, -0.15) is 11.8 Å². The number of hydrogen-bond acceptors (Lipinski definition) is 2. The van der Waals surface area contributed by atoms with Crippen LogP contribution in [0.4, 0.5) is 4.39 Å². The minimum absolute atomic E-state index is 0.110. The lowest BCUT2D eigenvalue weighted by atomic mass is 10.1. The Morgan fingerprint density at radius 1 is 1.38 bits per heavy atom. The first-order valence-corrected chi connectivity index (χ1v) is 6.93. The molecule has 16 heavy (non-hydrogen) atoms. The van der Waals surface area contributed by atoms with Crippen molar-refractivity contribution in [3.8, 4) is 0 Å². The van der Waals surface area contributed by atoms with E-state index in [-0.39, 0.29) is 5.82 Å². The molecule has 0 aliphatic carbocycles. The Hall–Kier alpha value is -0.540. The number of halogens is 1. The van der Waals surface area contributed by atoms with Gasteiger partial charge in [0.15, 0.2) is 0 Å². The van der Waals surface area contributed by atoms with Crippen molar-refractivity contribution in [2.45, 2.75) is 26.8 Å². The van der Waals surface area contributed by atoms with E-state index in [1.165, 1.54) is 17.9 Å². The average Bonchev–Trinajstić information content (AvgIpc) is 2.28. The first-order chi connectivity index (χ1) is 7.74. The second-order valence-corrected chi connectivity index (χ2v) is 5.20. The molecule has 0 saturated heterocycles. The van der Waals surface area contributed by atoms with Crippen molar-refractivity contribution >= 4 is 11.8 Å². The third kappa shape index (κ3) is 4.99. The van der Waals surface area contributed by atoms with Crippen molar-refractivity contribution in [3.05, 3.63) is 35.1 Å². The van der Waals surface area contributed by atoms with E-state index in [4.69, 9.17) is 0 Å². The van der Waals surface area contributed by atoms with Crippen LogP contribution in [0, 0.1) is 12.7 Å². The molecule has 3 heteroatoms. The van der Waals surface area contributed by atoms with Crippen LogP contribution in [0.1, 0.15) is 24.5 Å². The molecule has 1 aromatic carbocycles. The lowest BCUT2D eigenvalue weighted by Gasteiger charge is -2.05. The smallest absolute Gasteiger partial charge is 0.126 e. The molecule has 0 aliphatic rings. The van der Waals surface area contributed by atoms with Crippen molar-refractivity contribution in [2.24, 2.45) is 0 Å². The number of benzene rings is 1. The van der Waals surface area contributed by atoms with E-state index in [9.17, 15) is 4.39 Å². The average molecular weight is 241 g/mol. The van der Waals surface area contributed by atoms with Crippen molar-refractivity contribution in [1.82, 2.24) is 5.32 Å². The molecule has 0 aliphatic heterocycles. The summed E-state index contributed by atoms with van der Waals surface area (Å²) in [5.74, 6) is 2.27. The van der Waals surface area contributed by atoms with Crippen LogP contribution in [0.25, 0.3) is 0 Å². The van der Waals surface area contributed by atoms with Crippen LogP contribution < -0.4 is 5.32 Å².